The molecule has 1 aromatic rings. The smallest absolute Gasteiger partial charge is 0.162 e. The van der Waals surface area contributed by atoms with E-state index in [4.69, 9.17) is 16.3 Å². The van der Waals surface area contributed by atoms with Crippen molar-refractivity contribution in [2.75, 3.05) is 6.61 Å². The largest absolute Gasteiger partial charge is 0.367 e. The highest BCUT2D eigenvalue weighted by Gasteiger charge is 2.39. The molecule has 0 aliphatic heterocycles. The summed E-state index contributed by atoms with van der Waals surface area (Å²) in [5.74, 6) is 1.49. The number of hydrogen-bond acceptors (Lipinski definition) is 3. The lowest BCUT2D eigenvalue weighted by Gasteiger charge is -2.38. The highest BCUT2D eigenvalue weighted by Crippen LogP contribution is 2.42. The zero-order chi connectivity index (χ0) is 14.0. The van der Waals surface area contributed by atoms with Gasteiger partial charge in [0.25, 0.3) is 0 Å². The molecular weight excluding hydrogens is 328 g/mol. The van der Waals surface area contributed by atoms with E-state index in [2.05, 4.69) is 32.8 Å². The number of nitrogens with zero attached hydrogens (tertiary/aromatic N) is 2. The lowest BCUT2D eigenvalue weighted by atomic mass is 9.79. The number of ether oxygens (including phenoxy) is 1. The number of halogens is 2. The molecule has 1 fully saturated rings. The minimum atomic E-state index is -0.351. The van der Waals surface area contributed by atoms with E-state index in [1.807, 2.05) is 13.8 Å². The molecule has 0 aromatic carbocycles. The predicted molar refractivity (Wildman–Crippen MR) is 80.4 cm³/mol. The molecule has 1 aliphatic carbocycles. The molecule has 0 spiro atoms. The third kappa shape index (κ3) is 3.11. The van der Waals surface area contributed by atoms with Crippen molar-refractivity contribution in [2.24, 2.45) is 5.92 Å². The van der Waals surface area contributed by atoms with Crippen molar-refractivity contribution in [2.45, 2.75) is 52.1 Å². The van der Waals surface area contributed by atoms with Gasteiger partial charge < -0.3 is 4.74 Å². The molecular formula is C14H20BrClN2O. The Morgan fingerprint density at radius 3 is 2.53 bits per heavy atom. The molecule has 106 valence electrons. The minimum absolute atomic E-state index is 0.351. The van der Waals surface area contributed by atoms with Gasteiger partial charge in [-0.2, -0.15) is 0 Å². The molecule has 0 atom stereocenters. The Kier molecular flexibility index (Phi) is 4.85. The molecule has 0 radical (unpaired) electrons. The van der Waals surface area contributed by atoms with Crippen LogP contribution in [0.1, 0.15) is 51.0 Å². The van der Waals surface area contributed by atoms with Crippen molar-refractivity contribution in [3.63, 3.8) is 0 Å². The topological polar surface area (TPSA) is 35.0 Å². The second-order valence-electron chi connectivity index (χ2n) is 5.35. The van der Waals surface area contributed by atoms with Crippen molar-refractivity contribution in [3.05, 3.63) is 21.1 Å². The number of hydrogen-bond donors (Lipinski definition) is 0. The Labute approximate surface area is 128 Å². The van der Waals surface area contributed by atoms with Gasteiger partial charge in [-0.3, -0.25) is 0 Å². The normalized spacial score (nSPS) is 27.5. The minimum Gasteiger partial charge on any atom is -0.367 e. The molecule has 0 unspecified atom stereocenters. The van der Waals surface area contributed by atoms with Gasteiger partial charge in [-0.25, -0.2) is 9.97 Å². The highest BCUT2D eigenvalue weighted by atomic mass is 79.9. The van der Waals surface area contributed by atoms with E-state index in [0.717, 1.165) is 47.6 Å². The molecule has 5 heteroatoms. The first-order valence-electron chi connectivity index (χ1n) is 6.82. The Bertz CT molecular complexity index is 436. The summed E-state index contributed by atoms with van der Waals surface area (Å²) in [4.78, 5) is 9.06. The number of aromatic nitrogens is 2. The third-order valence-electron chi connectivity index (χ3n) is 3.89. The van der Waals surface area contributed by atoms with Crippen LogP contribution >= 0.6 is 27.5 Å². The van der Waals surface area contributed by atoms with Crippen molar-refractivity contribution < 1.29 is 4.74 Å². The van der Waals surface area contributed by atoms with E-state index < -0.39 is 0 Å². The predicted octanol–water partition coefficient (Wildman–Crippen LogP) is 4.64. The summed E-state index contributed by atoms with van der Waals surface area (Å²) in [6.07, 6.45) is 4.24. The maximum atomic E-state index is 6.18. The second kappa shape index (κ2) is 6.06. The second-order valence-corrected chi connectivity index (χ2v) is 6.50. The monoisotopic (exact) mass is 346 g/mol. The summed E-state index contributed by atoms with van der Waals surface area (Å²) in [5, 5.41) is 0.472. The third-order valence-corrected chi connectivity index (χ3v) is 5.34. The van der Waals surface area contributed by atoms with E-state index in [1.165, 1.54) is 0 Å². The molecule has 0 bridgehead atoms. The van der Waals surface area contributed by atoms with Gasteiger partial charge in [-0.05, 0) is 61.4 Å². The van der Waals surface area contributed by atoms with Crippen LogP contribution < -0.4 is 0 Å². The van der Waals surface area contributed by atoms with E-state index in [9.17, 15) is 0 Å². The molecule has 0 N–H and O–H groups in total. The van der Waals surface area contributed by atoms with Crippen molar-refractivity contribution in [1.82, 2.24) is 9.97 Å². The molecule has 1 heterocycles. The van der Waals surface area contributed by atoms with Gasteiger partial charge in [0, 0.05) is 6.61 Å². The maximum Gasteiger partial charge on any atom is 0.162 e. The van der Waals surface area contributed by atoms with Gasteiger partial charge in [0.2, 0.25) is 0 Å². The molecule has 3 nitrogen and oxygen atoms in total. The van der Waals surface area contributed by atoms with Gasteiger partial charge >= 0.3 is 0 Å². The molecule has 1 aliphatic rings. The van der Waals surface area contributed by atoms with Crippen LogP contribution in [0.25, 0.3) is 0 Å². The van der Waals surface area contributed by atoms with Gasteiger partial charge in [-0.15, -0.1) is 0 Å². The van der Waals surface area contributed by atoms with E-state index >= 15 is 0 Å². The summed E-state index contributed by atoms with van der Waals surface area (Å²) < 4.78 is 6.83. The first kappa shape index (κ1) is 15.2. The quantitative estimate of drug-likeness (QED) is 0.747. The lowest BCUT2D eigenvalue weighted by molar-refractivity contribution is -0.0838. The lowest BCUT2D eigenvalue weighted by Crippen LogP contribution is -2.36. The van der Waals surface area contributed by atoms with Crippen LogP contribution in [-0.4, -0.2) is 16.6 Å². The summed E-state index contributed by atoms with van der Waals surface area (Å²) in [6.45, 7) is 6.92. The average molecular weight is 348 g/mol. The average Bonchev–Trinajstić information content (AvgIpc) is 2.38. The molecule has 1 saturated carbocycles. The van der Waals surface area contributed by atoms with E-state index in [-0.39, 0.29) is 5.60 Å². The maximum absolute atomic E-state index is 6.18. The molecule has 0 amide bonds. The molecule has 1 aromatic heterocycles. The zero-order valence-electron chi connectivity index (χ0n) is 11.7. The van der Waals surface area contributed by atoms with Crippen LogP contribution in [0.3, 0.4) is 0 Å². The van der Waals surface area contributed by atoms with Gasteiger partial charge in [0.05, 0.1) is 10.2 Å². The fourth-order valence-electron chi connectivity index (χ4n) is 2.67. The van der Waals surface area contributed by atoms with Crippen LogP contribution in [0.4, 0.5) is 0 Å². The standard InChI is InChI=1S/C14H20BrClN2O/c1-4-19-14(7-5-9(2)6-8-14)13-17-10(3)11(15)12(16)18-13/h9H,4-8H2,1-3H3. The van der Waals surface area contributed by atoms with Crippen molar-refractivity contribution in [1.29, 1.82) is 0 Å². The van der Waals surface area contributed by atoms with Gasteiger partial charge in [-0.1, -0.05) is 18.5 Å². The van der Waals surface area contributed by atoms with Crippen LogP contribution in [0.15, 0.2) is 4.47 Å². The van der Waals surface area contributed by atoms with Gasteiger partial charge in [0.15, 0.2) is 5.82 Å². The van der Waals surface area contributed by atoms with Gasteiger partial charge in [0.1, 0.15) is 10.8 Å². The fourth-order valence-corrected chi connectivity index (χ4v) is 3.06. The Morgan fingerprint density at radius 1 is 1.37 bits per heavy atom. The SMILES string of the molecule is CCOC1(c2nc(C)c(Br)c(Cl)n2)CCC(C)CC1. The summed E-state index contributed by atoms with van der Waals surface area (Å²) in [6, 6.07) is 0. The van der Waals surface area contributed by atoms with Crippen LogP contribution in [0.2, 0.25) is 5.15 Å². The van der Waals surface area contributed by atoms with Crippen molar-refractivity contribution >= 4 is 27.5 Å². The van der Waals surface area contributed by atoms with E-state index in [1.54, 1.807) is 0 Å². The van der Waals surface area contributed by atoms with Crippen LogP contribution in [0.5, 0.6) is 0 Å². The summed E-state index contributed by atoms with van der Waals surface area (Å²) in [5.41, 5.74) is 0.517. The molecule has 2 rings (SSSR count). The van der Waals surface area contributed by atoms with Crippen LogP contribution in [-0.2, 0) is 10.3 Å². The number of aryl methyl sites for hydroxylation is 1. The Balaban J connectivity index is 2.39. The first-order chi connectivity index (χ1) is 8.98. The first-order valence-corrected chi connectivity index (χ1v) is 7.99. The molecule has 19 heavy (non-hydrogen) atoms. The Hall–Kier alpha value is -0.190. The number of rotatable bonds is 3. The highest BCUT2D eigenvalue weighted by molar-refractivity contribution is 9.10. The summed E-state index contributed by atoms with van der Waals surface area (Å²) >= 11 is 9.58. The fraction of sp³-hybridized carbons (Fsp3) is 0.714. The van der Waals surface area contributed by atoms with Crippen LogP contribution in [0, 0.1) is 12.8 Å². The summed E-state index contributed by atoms with van der Waals surface area (Å²) in [7, 11) is 0. The molecule has 0 saturated heterocycles. The Morgan fingerprint density at radius 2 is 2.00 bits per heavy atom. The van der Waals surface area contributed by atoms with Crippen molar-refractivity contribution in [3.8, 4) is 0 Å². The van der Waals surface area contributed by atoms with E-state index in [0.29, 0.717) is 11.8 Å². The zero-order valence-corrected chi connectivity index (χ0v) is 14.0.